The largest absolute Gasteiger partial charge is 0.493 e. The molecule has 2 aromatic carbocycles. The van der Waals surface area contributed by atoms with Gasteiger partial charge in [-0.2, -0.15) is 5.10 Å². The summed E-state index contributed by atoms with van der Waals surface area (Å²) in [5.74, 6) is 2.24. The summed E-state index contributed by atoms with van der Waals surface area (Å²) >= 11 is 0. The molecule has 0 spiro atoms. The highest BCUT2D eigenvalue weighted by molar-refractivity contribution is 6.06. The van der Waals surface area contributed by atoms with Crippen molar-refractivity contribution in [1.82, 2.24) is 10.7 Å². The van der Waals surface area contributed by atoms with Crippen molar-refractivity contribution in [3.63, 3.8) is 0 Å². The third kappa shape index (κ3) is 6.30. The summed E-state index contributed by atoms with van der Waals surface area (Å²) in [6.45, 7) is 2.12. The minimum absolute atomic E-state index is 0.147. The van der Waals surface area contributed by atoms with E-state index in [4.69, 9.17) is 18.6 Å². The van der Waals surface area contributed by atoms with Gasteiger partial charge in [-0.05, 0) is 56.0 Å². The number of aryl methyl sites for hydroxylation is 1. The Kier molecular flexibility index (Phi) is 8.45. The predicted octanol–water partition coefficient (Wildman–Crippen LogP) is 3.81. The van der Waals surface area contributed by atoms with Crippen LogP contribution in [-0.4, -0.2) is 44.9 Å². The van der Waals surface area contributed by atoms with Crippen molar-refractivity contribution in [3.8, 4) is 17.2 Å². The Bertz CT molecular complexity index is 1280. The topological polar surface area (TPSA) is 111 Å². The number of hydrogen-bond donors (Lipinski definition) is 2. The molecule has 2 N–H and O–H groups in total. The molecule has 1 aliphatic rings. The quantitative estimate of drug-likeness (QED) is 0.406. The van der Waals surface area contributed by atoms with Crippen molar-refractivity contribution < 1.29 is 28.2 Å². The third-order valence-corrected chi connectivity index (χ3v) is 6.11. The van der Waals surface area contributed by atoms with Crippen molar-refractivity contribution in [2.24, 2.45) is 5.10 Å². The van der Waals surface area contributed by atoms with Crippen molar-refractivity contribution in [2.75, 3.05) is 27.4 Å². The Morgan fingerprint density at radius 2 is 1.81 bits per heavy atom. The Balaban J connectivity index is 1.37. The smallest absolute Gasteiger partial charge is 0.287 e. The number of nitrogens with zero attached hydrogens (tertiary/aromatic N) is 1. The van der Waals surface area contributed by atoms with Crippen LogP contribution in [0.5, 0.6) is 17.2 Å². The number of carbonyl (C=O) groups is 2. The van der Waals surface area contributed by atoms with E-state index in [1.165, 1.54) is 0 Å². The molecule has 0 bridgehead atoms. The zero-order chi connectivity index (χ0) is 26.2. The molecule has 1 aromatic heterocycles. The van der Waals surface area contributed by atoms with Gasteiger partial charge in [0, 0.05) is 24.1 Å². The lowest BCUT2D eigenvalue weighted by atomic mass is 9.93. The second-order valence-corrected chi connectivity index (χ2v) is 8.60. The number of amides is 2. The number of rotatable bonds is 10. The number of carbonyl (C=O) groups excluding carboxylic acids is 2. The highest BCUT2D eigenvalue weighted by Crippen LogP contribution is 2.30. The van der Waals surface area contributed by atoms with Gasteiger partial charge in [0.15, 0.2) is 23.9 Å². The van der Waals surface area contributed by atoms with Crippen molar-refractivity contribution >= 4 is 17.5 Å². The normalized spacial score (nSPS) is 13.5. The number of nitrogens with one attached hydrogen (secondary N) is 2. The predicted molar refractivity (Wildman–Crippen MR) is 139 cm³/mol. The van der Waals surface area contributed by atoms with Crippen LogP contribution in [-0.2, 0) is 17.6 Å². The van der Waals surface area contributed by atoms with Crippen molar-refractivity contribution in [1.29, 1.82) is 0 Å². The maximum absolute atomic E-state index is 12.9. The van der Waals surface area contributed by atoms with Gasteiger partial charge < -0.3 is 23.9 Å². The SMILES string of the molecule is COc1ccc(CCNC(=O)c2oc3c(c2C)/C(=N/NC(=O)COc2ccccc2)CCC3)cc1OC. The molecule has 9 heteroatoms. The zero-order valence-corrected chi connectivity index (χ0v) is 21.3. The molecule has 0 saturated carbocycles. The highest BCUT2D eigenvalue weighted by atomic mass is 16.5. The lowest BCUT2D eigenvalue weighted by Crippen LogP contribution is -2.27. The highest BCUT2D eigenvalue weighted by Gasteiger charge is 2.28. The summed E-state index contributed by atoms with van der Waals surface area (Å²) in [4.78, 5) is 25.1. The summed E-state index contributed by atoms with van der Waals surface area (Å²) < 4.78 is 22.0. The second-order valence-electron chi connectivity index (χ2n) is 8.60. The number of methoxy groups -OCH3 is 2. The van der Waals surface area contributed by atoms with Crippen LogP contribution in [0, 0.1) is 6.92 Å². The fraction of sp³-hybridized carbons (Fsp3) is 0.321. The van der Waals surface area contributed by atoms with Crippen LogP contribution in [0.25, 0.3) is 0 Å². The number of hydrogen-bond acceptors (Lipinski definition) is 7. The van der Waals surface area contributed by atoms with Crippen molar-refractivity contribution in [3.05, 3.63) is 76.7 Å². The minimum atomic E-state index is -0.363. The van der Waals surface area contributed by atoms with E-state index in [0.717, 1.165) is 17.5 Å². The first-order valence-electron chi connectivity index (χ1n) is 12.1. The zero-order valence-electron chi connectivity index (χ0n) is 21.3. The number of hydrazone groups is 1. The average Bonchev–Trinajstić information content (AvgIpc) is 3.28. The van der Waals surface area contributed by atoms with E-state index in [2.05, 4.69) is 15.8 Å². The molecule has 37 heavy (non-hydrogen) atoms. The van der Waals surface area contributed by atoms with E-state index in [1.54, 1.807) is 26.4 Å². The van der Waals surface area contributed by atoms with Gasteiger partial charge in [0.25, 0.3) is 11.8 Å². The molecule has 1 aliphatic carbocycles. The lowest BCUT2D eigenvalue weighted by molar-refractivity contribution is -0.123. The number of fused-ring (bicyclic) bond motifs is 1. The van der Waals surface area contributed by atoms with Gasteiger partial charge in [-0.25, -0.2) is 5.43 Å². The van der Waals surface area contributed by atoms with Gasteiger partial charge >= 0.3 is 0 Å². The van der Waals surface area contributed by atoms with E-state index >= 15 is 0 Å². The van der Waals surface area contributed by atoms with Crippen molar-refractivity contribution in [2.45, 2.75) is 32.6 Å². The number of para-hydroxylation sites is 1. The first-order valence-corrected chi connectivity index (χ1v) is 12.1. The van der Waals surface area contributed by atoms with Gasteiger partial charge in [0.2, 0.25) is 0 Å². The lowest BCUT2D eigenvalue weighted by Gasteiger charge is -2.13. The molecule has 0 atom stereocenters. The van der Waals surface area contributed by atoms with Crippen LogP contribution < -0.4 is 25.0 Å². The number of benzene rings is 2. The fourth-order valence-electron chi connectivity index (χ4n) is 4.26. The summed E-state index contributed by atoms with van der Waals surface area (Å²) in [6, 6.07) is 14.8. The minimum Gasteiger partial charge on any atom is -0.493 e. The van der Waals surface area contributed by atoms with Gasteiger partial charge in [0.05, 0.1) is 19.9 Å². The molecule has 1 heterocycles. The summed E-state index contributed by atoms with van der Waals surface area (Å²) in [5.41, 5.74) is 5.77. The van der Waals surface area contributed by atoms with Crippen LogP contribution in [0.15, 0.2) is 58.0 Å². The molecular formula is C28H31N3O6. The third-order valence-electron chi connectivity index (χ3n) is 6.11. The maximum atomic E-state index is 12.9. The molecule has 9 nitrogen and oxygen atoms in total. The standard InChI is InChI=1S/C28H31N3O6/c1-18-26-21(30-31-25(32)17-36-20-8-5-4-6-9-20)10-7-11-23(26)37-27(18)28(33)29-15-14-19-12-13-22(34-2)24(16-19)35-3/h4-6,8-9,12-13,16H,7,10-11,14-15,17H2,1-3H3,(H,29,33)(H,31,32)/b30-21+. The van der Waals surface area contributed by atoms with E-state index in [9.17, 15) is 9.59 Å². The van der Waals surface area contributed by atoms with Crippen LogP contribution in [0.3, 0.4) is 0 Å². The molecule has 0 unspecified atom stereocenters. The molecule has 0 fully saturated rings. The van der Waals surface area contributed by atoms with E-state index in [0.29, 0.717) is 60.1 Å². The van der Waals surface area contributed by atoms with E-state index < -0.39 is 0 Å². The number of furan rings is 1. The van der Waals surface area contributed by atoms with Gasteiger partial charge in [-0.1, -0.05) is 24.3 Å². The molecule has 0 radical (unpaired) electrons. The average molecular weight is 506 g/mol. The van der Waals surface area contributed by atoms with Gasteiger partial charge in [-0.15, -0.1) is 0 Å². The summed E-state index contributed by atoms with van der Waals surface area (Å²) in [5, 5.41) is 7.26. The Morgan fingerprint density at radius 1 is 1.03 bits per heavy atom. The van der Waals surface area contributed by atoms with Gasteiger partial charge in [-0.3, -0.25) is 9.59 Å². The van der Waals surface area contributed by atoms with Crippen LogP contribution >= 0.6 is 0 Å². The monoisotopic (exact) mass is 505 g/mol. The molecule has 194 valence electrons. The Morgan fingerprint density at radius 3 is 2.57 bits per heavy atom. The second kappa shape index (κ2) is 12.1. The molecule has 3 aromatic rings. The van der Waals surface area contributed by atoms with Crippen LogP contribution in [0.1, 0.15) is 45.8 Å². The maximum Gasteiger partial charge on any atom is 0.287 e. The molecule has 0 aliphatic heterocycles. The summed E-state index contributed by atoms with van der Waals surface area (Å²) in [7, 11) is 3.18. The van der Waals surface area contributed by atoms with Crippen LogP contribution in [0.4, 0.5) is 0 Å². The van der Waals surface area contributed by atoms with E-state index in [-0.39, 0.29) is 24.2 Å². The Hall–Kier alpha value is -4.27. The molecule has 4 rings (SSSR count). The molecule has 2 amide bonds. The first-order chi connectivity index (χ1) is 18.0. The number of ether oxygens (including phenoxy) is 3. The summed E-state index contributed by atoms with van der Waals surface area (Å²) in [6.07, 6.45) is 2.82. The molecule has 0 saturated heterocycles. The van der Waals surface area contributed by atoms with Crippen LogP contribution in [0.2, 0.25) is 0 Å². The van der Waals surface area contributed by atoms with Gasteiger partial charge in [0.1, 0.15) is 11.5 Å². The molecular weight excluding hydrogens is 474 g/mol. The first kappa shape index (κ1) is 25.8. The Labute approximate surface area is 215 Å². The van der Waals surface area contributed by atoms with E-state index in [1.807, 2.05) is 43.3 Å². The fourth-order valence-corrected chi connectivity index (χ4v) is 4.26.